The zero-order chi connectivity index (χ0) is 20.4. The first kappa shape index (κ1) is 19.1. The van der Waals surface area contributed by atoms with E-state index < -0.39 is 0 Å². The minimum absolute atomic E-state index is 0.358. The second-order valence-corrected chi connectivity index (χ2v) is 7.07. The Morgan fingerprint density at radius 3 is 2.55 bits per heavy atom. The van der Waals surface area contributed by atoms with Crippen molar-refractivity contribution in [2.45, 2.75) is 6.54 Å². The van der Waals surface area contributed by atoms with Crippen LogP contribution in [0.15, 0.2) is 54.6 Å². The fourth-order valence-corrected chi connectivity index (χ4v) is 3.33. The fraction of sp³-hybridized carbons (Fsp3) is 0.0952. The molecule has 0 fully saturated rings. The number of hydrogen-bond acceptors (Lipinski definition) is 5. The molecule has 4 rings (SSSR count). The number of rotatable bonds is 5. The molecule has 0 N–H and O–H groups in total. The topological polar surface area (TPSA) is 73.0 Å². The molecule has 1 aromatic heterocycles. The van der Waals surface area contributed by atoms with Crippen LogP contribution in [0.2, 0.25) is 10.0 Å². The Labute approximate surface area is 176 Å². The number of ether oxygens (including phenoxy) is 2. The molecule has 144 valence electrons. The molecule has 0 saturated heterocycles. The molecule has 0 atom stereocenters. The first-order valence-corrected chi connectivity index (χ1v) is 9.36. The van der Waals surface area contributed by atoms with Gasteiger partial charge in [-0.1, -0.05) is 40.5 Å². The normalized spacial score (nSPS) is 10.7. The summed E-state index contributed by atoms with van der Waals surface area (Å²) in [5.41, 5.74) is 2.72. The minimum atomic E-state index is 0.358. The molecule has 29 heavy (non-hydrogen) atoms. The Hall–Kier alpha value is -3.27. The lowest BCUT2D eigenvalue weighted by Crippen LogP contribution is -2.01. The average Bonchev–Trinajstić information content (AvgIpc) is 3.13. The maximum atomic E-state index is 9.13. The summed E-state index contributed by atoms with van der Waals surface area (Å²) < 4.78 is 12.9. The van der Waals surface area contributed by atoms with Gasteiger partial charge in [0.2, 0.25) is 0 Å². The van der Waals surface area contributed by atoms with Gasteiger partial charge >= 0.3 is 0 Å². The van der Waals surface area contributed by atoms with E-state index in [1.54, 1.807) is 36.1 Å². The van der Waals surface area contributed by atoms with Crippen LogP contribution in [0, 0.1) is 11.3 Å². The lowest BCUT2D eigenvalue weighted by molar-refractivity contribution is 0.414. The van der Waals surface area contributed by atoms with Crippen LogP contribution in [0.5, 0.6) is 17.2 Å². The Bertz CT molecular complexity index is 1230. The highest BCUT2D eigenvalue weighted by Crippen LogP contribution is 2.36. The number of fused-ring (bicyclic) bond motifs is 1. The maximum absolute atomic E-state index is 9.13. The monoisotopic (exact) mass is 424 g/mol. The minimum Gasteiger partial charge on any atom is -0.497 e. The molecule has 0 unspecified atom stereocenters. The number of halogens is 2. The molecule has 0 amide bonds. The summed E-state index contributed by atoms with van der Waals surface area (Å²) in [5.74, 6) is 1.54. The summed E-state index contributed by atoms with van der Waals surface area (Å²) in [4.78, 5) is 0. The molecule has 0 aliphatic carbocycles. The summed E-state index contributed by atoms with van der Waals surface area (Å²) in [5, 5.41) is 18.4. The molecule has 6 nitrogen and oxygen atoms in total. The molecule has 1 heterocycles. The number of nitriles is 1. The number of methoxy groups -OCH3 is 1. The molecular weight excluding hydrogens is 411 g/mol. The predicted octanol–water partition coefficient (Wildman–Crippen LogP) is 5.46. The fourth-order valence-electron chi connectivity index (χ4n) is 2.91. The molecule has 0 radical (unpaired) electrons. The van der Waals surface area contributed by atoms with Crippen molar-refractivity contribution in [1.82, 2.24) is 15.0 Å². The van der Waals surface area contributed by atoms with Crippen molar-refractivity contribution >= 4 is 34.2 Å². The molecule has 8 heteroatoms. The van der Waals surface area contributed by atoms with Crippen molar-refractivity contribution in [2.75, 3.05) is 7.11 Å². The van der Waals surface area contributed by atoms with E-state index in [1.165, 1.54) is 0 Å². The van der Waals surface area contributed by atoms with Crippen LogP contribution in [-0.2, 0) is 6.54 Å². The van der Waals surface area contributed by atoms with Crippen molar-refractivity contribution in [3.63, 3.8) is 0 Å². The molecular formula is C21H14Cl2N4O2. The van der Waals surface area contributed by atoms with Crippen molar-refractivity contribution in [3.05, 3.63) is 75.8 Å². The highest BCUT2D eigenvalue weighted by atomic mass is 35.5. The Balaban J connectivity index is 1.69. The van der Waals surface area contributed by atoms with E-state index in [4.69, 9.17) is 37.9 Å². The summed E-state index contributed by atoms with van der Waals surface area (Å²) >= 11 is 12.4. The predicted molar refractivity (Wildman–Crippen MR) is 111 cm³/mol. The number of hydrogen-bond donors (Lipinski definition) is 0. The van der Waals surface area contributed by atoms with Crippen molar-refractivity contribution in [2.24, 2.45) is 0 Å². The molecule has 0 aliphatic heterocycles. The molecule has 3 aromatic carbocycles. The molecule has 0 aliphatic rings. The van der Waals surface area contributed by atoms with E-state index in [0.717, 1.165) is 16.8 Å². The molecule has 0 bridgehead atoms. The highest BCUT2D eigenvalue weighted by molar-refractivity contribution is 6.33. The van der Waals surface area contributed by atoms with Gasteiger partial charge in [-0.05, 0) is 48.0 Å². The van der Waals surface area contributed by atoms with E-state index in [0.29, 0.717) is 39.2 Å². The maximum Gasteiger partial charge on any atom is 0.175 e. The summed E-state index contributed by atoms with van der Waals surface area (Å²) in [6.07, 6.45) is 0. The third-order valence-corrected chi connectivity index (χ3v) is 4.82. The first-order valence-electron chi connectivity index (χ1n) is 8.60. The lowest BCUT2D eigenvalue weighted by Gasteiger charge is -2.09. The average molecular weight is 425 g/mol. The first-order chi connectivity index (χ1) is 14.1. The third kappa shape index (κ3) is 3.97. The van der Waals surface area contributed by atoms with Crippen LogP contribution >= 0.6 is 23.2 Å². The lowest BCUT2D eigenvalue weighted by atomic mass is 10.2. The Morgan fingerprint density at radius 2 is 1.83 bits per heavy atom. The highest BCUT2D eigenvalue weighted by Gasteiger charge is 2.16. The standard InChI is InChI=1S/C21H14Cl2N4O2/c1-28-16-4-2-13(3-5-16)12-27-19-7-6-18(23)21(20(19)25-26-27)29-17-9-14(11-24)8-15(22)10-17/h2-10H,12H2,1H3. The summed E-state index contributed by atoms with van der Waals surface area (Å²) in [6, 6.07) is 18.1. The zero-order valence-corrected chi connectivity index (χ0v) is 16.8. The van der Waals surface area contributed by atoms with Crippen LogP contribution in [0.4, 0.5) is 0 Å². The van der Waals surface area contributed by atoms with Crippen LogP contribution < -0.4 is 9.47 Å². The van der Waals surface area contributed by atoms with Crippen molar-refractivity contribution in [1.29, 1.82) is 5.26 Å². The quantitative estimate of drug-likeness (QED) is 0.425. The van der Waals surface area contributed by atoms with Crippen molar-refractivity contribution in [3.8, 4) is 23.3 Å². The summed E-state index contributed by atoms with van der Waals surface area (Å²) in [7, 11) is 1.63. The van der Waals surface area contributed by atoms with Gasteiger partial charge in [0.1, 0.15) is 11.5 Å². The van der Waals surface area contributed by atoms with E-state index in [1.807, 2.05) is 36.4 Å². The van der Waals surface area contributed by atoms with E-state index in [2.05, 4.69) is 10.3 Å². The molecule has 0 spiro atoms. The van der Waals surface area contributed by atoms with E-state index in [-0.39, 0.29) is 0 Å². The van der Waals surface area contributed by atoms with Gasteiger partial charge in [-0.25, -0.2) is 4.68 Å². The van der Waals surface area contributed by atoms with Gasteiger partial charge in [-0.15, -0.1) is 5.10 Å². The van der Waals surface area contributed by atoms with Crippen LogP contribution in [0.3, 0.4) is 0 Å². The number of aromatic nitrogens is 3. The Kier molecular flexibility index (Phi) is 5.26. The van der Waals surface area contributed by atoms with Crippen molar-refractivity contribution < 1.29 is 9.47 Å². The van der Waals surface area contributed by atoms with Crippen LogP contribution in [-0.4, -0.2) is 22.1 Å². The van der Waals surface area contributed by atoms with E-state index >= 15 is 0 Å². The van der Waals surface area contributed by atoms with Gasteiger partial charge in [-0.3, -0.25) is 0 Å². The zero-order valence-electron chi connectivity index (χ0n) is 15.3. The third-order valence-electron chi connectivity index (χ3n) is 4.30. The number of nitrogens with zero attached hydrogens (tertiary/aromatic N) is 4. The molecule has 4 aromatic rings. The Morgan fingerprint density at radius 1 is 1.03 bits per heavy atom. The van der Waals surface area contributed by atoms with Gasteiger partial charge < -0.3 is 9.47 Å². The van der Waals surface area contributed by atoms with Gasteiger partial charge in [0, 0.05) is 5.02 Å². The largest absolute Gasteiger partial charge is 0.497 e. The second-order valence-electron chi connectivity index (χ2n) is 6.23. The smallest absolute Gasteiger partial charge is 0.175 e. The molecule has 0 saturated carbocycles. The van der Waals surface area contributed by atoms with Gasteiger partial charge in [-0.2, -0.15) is 5.26 Å². The summed E-state index contributed by atoms with van der Waals surface area (Å²) in [6.45, 7) is 0.525. The van der Waals surface area contributed by atoms with E-state index in [9.17, 15) is 0 Å². The van der Waals surface area contributed by atoms with Gasteiger partial charge in [0.15, 0.2) is 11.3 Å². The second kappa shape index (κ2) is 8.00. The number of benzene rings is 3. The van der Waals surface area contributed by atoms with Gasteiger partial charge in [0.05, 0.1) is 35.8 Å². The van der Waals surface area contributed by atoms with Crippen LogP contribution in [0.25, 0.3) is 11.0 Å². The SMILES string of the molecule is COc1ccc(Cn2nnc3c(Oc4cc(Cl)cc(C#N)c4)c(Cl)ccc32)cc1. The van der Waals surface area contributed by atoms with Gasteiger partial charge in [0.25, 0.3) is 0 Å². The van der Waals surface area contributed by atoms with Crippen LogP contribution in [0.1, 0.15) is 11.1 Å².